The van der Waals surface area contributed by atoms with E-state index in [0.29, 0.717) is 6.07 Å². The van der Waals surface area contributed by atoms with Crippen molar-refractivity contribution in [3.8, 4) is 11.5 Å². The zero-order chi connectivity index (χ0) is 25.1. The van der Waals surface area contributed by atoms with Gasteiger partial charge >= 0.3 is 13.9 Å². The number of rotatable bonds is 9. The Kier molecular flexibility index (Phi) is 7.89. The second kappa shape index (κ2) is 10.3. The highest BCUT2D eigenvalue weighted by Gasteiger charge is 2.41. The third kappa shape index (κ3) is 5.53. The number of alkyl halides is 3. The molecular weight excluding hydrogens is 504 g/mol. The summed E-state index contributed by atoms with van der Waals surface area (Å²) in [5.41, 5.74) is -1.32. The van der Waals surface area contributed by atoms with E-state index in [2.05, 4.69) is 0 Å². The smallest absolute Gasteiger partial charge is 0.456 e. The molecule has 0 fully saturated rings. The first-order chi connectivity index (χ1) is 16.0. The molecule has 0 amide bonds. The van der Waals surface area contributed by atoms with Gasteiger partial charge in [-0.2, -0.15) is 18.0 Å². The van der Waals surface area contributed by atoms with Gasteiger partial charge in [0.2, 0.25) is 0 Å². The van der Waals surface area contributed by atoms with Gasteiger partial charge in [0.05, 0.1) is 46.6 Å². The highest BCUT2D eigenvalue weighted by molar-refractivity contribution is 7.51. The van der Waals surface area contributed by atoms with Crippen LogP contribution in [0, 0.1) is 10.1 Å². The Morgan fingerprint density at radius 2 is 1.85 bits per heavy atom. The Morgan fingerprint density at radius 3 is 2.41 bits per heavy atom. The lowest BCUT2D eigenvalue weighted by Crippen LogP contribution is -2.19. The fraction of sp³-hybridized carbons (Fsp3) is 0.300. The monoisotopic (exact) mass is 522 g/mol. The molecule has 184 valence electrons. The number of ether oxygens (including phenoxy) is 1. The molecule has 0 bridgehead atoms. The first-order valence-corrected chi connectivity index (χ1v) is 11.7. The van der Waals surface area contributed by atoms with Crippen LogP contribution in [0.2, 0.25) is 5.02 Å². The van der Waals surface area contributed by atoms with Gasteiger partial charge in [0.1, 0.15) is 11.5 Å². The summed E-state index contributed by atoms with van der Waals surface area (Å²) in [7, 11) is -4.00. The second-order valence-corrected chi connectivity index (χ2v) is 8.87. The number of hydrogen-bond donors (Lipinski definition) is 0. The van der Waals surface area contributed by atoms with Crippen molar-refractivity contribution in [3.63, 3.8) is 0 Å². The summed E-state index contributed by atoms with van der Waals surface area (Å²) in [4.78, 5) is 17.2. The maximum atomic E-state index is 13.2. The van der Waals surface area contributed by atoms with Crippen LogP contribution in [-0.4, -0.2) is 29.6 Å². The van der Waals surface area contributed by atoms with Crippen molar-refractivity contribution < 1.29 is 41.3 Å². The zero-order valence-electron chi connectivity index (χ0n) is 17.9. The fourth-order valence-corrected chi connectivity index (χ4v) is 4.87. The van der Waals surface area contributed by atoms with Crippen molar-refractivity contribution in [3.05, 3.63) is 68.7 Å². The quantitative estimate of drug-likeness (QED) is 0.201. The van der Waals surface area contributed by atoms with Gasteiger partial charge in [0, 0.05) is 6.07 Å². The van der Waals surface area contributed by atoms with E-state index in [4.69, 9.17) is 30.2 Å². The van der Waals surface area contributed by atoms with E-state index in [1.54, 1.807) is 13.8 Å². The third-order valence-corrected chi connectivity index (χ3v) is 6.65. The number of benzene rings is 2. The SMILES string of the molecule is CCOP(=O)(OCC)N1OCC=C1c1cc(Oc2ccc(C(F)(F)F)cc2Cl)ccc1[N+](=O)[O-]. The second-order valence-electron chi connectivity index (χ2n) is 6.64. The Balaban J connectivity index is 2.01. The third-order valence-electron chi connectivity index (χ3n) is 4.41. The summed E-state index contributed by atoms with van der Waals surface area (Å²) in [6.45, 7) is 3.16. The highest BCUT2D eigenvalue weighted by atomic mass is 35.5. The maximum absolute atomic E-state index is 13.2. The molecule has 1 aliphatic rings. The van der Waals surface area contributed by atoms with Gasteiger partial charge in [-0.05, 0) is 50.3 Å². The van der Waals surface area contributed by atoms with Crippen LogP contribution < -0.4 is 4.74 Å². The lowest BCUT2D eigenvalue weighted by molar-refractivity contribution is -0.385. The fourth-order valence-electron chi connectivity index (χ4n) is 3.05. The molecule has 9 nitrogen and oxygen atoms in total. The van der Waals surface area contributed by atoms with Crippen molar-refractivity contribution in [2.45, 2.75) is 20.0 Å². The van der Waals surface area contributed by atoms with Gasteiger partial charge in [-0.3, -0.25) is 24.0 Å². The molecule has 14 heteroatoms. The minimum absolute atomic E-state index is 0.0160. The van der Waals surface area contributed by atoms with Crippen LogP contribution in [0.3, 0.4) is 0 Å². The average Bonchev–Trinajstić information content (AvgIpc) is 3.25. The summed E-state index contributed by atoms with van der Waals surface area (Å²) in [5, 5.41) is 11.4. The van der Waals surface area contributed by atoms with Crippen molar-refractivity contribution >= 4 is 30.7 Å². The largest absolute Gasteiger partial charge is 0.458 e. The van der Waals surface area contributed by atoms with E-state index in [1.165, 1.54) is 18.2 Å². The summed E-state index contributed by atoms with van der Waals surface area (Å²) in [6, 6.07) is 6.17. The Labute approximate surface area is 197 Å². The number of hydroxylamine groups is 1. The van der Waals surface area contributed by atoms with Crippen LogP contribution in [0.25, 0.3) is 5.70 Å². The topological polar surface area (TPSA) is 100 Å². The average molecular weight is 523 g/mol. The number of nitro benzene ring substituents is 1. The van der Waals surface area contributed by atoms with Crippen LogP contribution in [0.1, 0.15) is 25.0 Å². The van der Waals surface area contributed by atoms with Gasteiger partial charge < -0.3 is 4.74 Å². The van der Waals surface area contributed by atoms with Crippen molar-refractivity contribution in [2.75, 3.05) is 19.8 Å². The van der Waals surface area contributed by atoms with Crippen molar-refractivity contribution in [1.82, 2.24) is 4.83 Å². The first-order valence-electron chi connectivity index (χ1n) is 9.86. The molecule has 0 aromatic heterocycles. The molecule has 34 heavy (non-hydrogen) atoms. The summed E-state index contributed by atoms with van der Waals surface area (Å²) < 4.78 is 68.0. The van der Waals surface area contributed by atoms with E-state index >= 15 is 0 Å². The molecule has 0 spiro atoms. The van der Waals surface area contributed by atoms with Gasteiger partial charge in [0.25, 0.3) is 5.69 Å². The minimum atomic E-state index is -4.59. The molecule has 1 heterocycles. The minimum Gasteiger partial charge on any atom is -0.456 e. The van der Waals surface area contributed by atoms with Crippen molar-refractivity contribution in [1.29, 1.82) is 0 Å². The molecule has 2 aromatic rings. The van der Waals surface area contributed by atoms with Crippen LogP contribution in [0.15, 0.2) is 42.5 Å². The molecule has 0 saturated heterocycles. The molecule has 0 atom stereocenters. The molecular formula is C20H19ClF3N2O7P. The molecule has 0 saturated carbocycles. The number of halogens is 4. The predicted molar refractivity (Wildman–Crippen MR) is 116 cm³/mol. The van der Waals surface area contributed by atoms with Crippen molar-refractivity contribution in [2.24, 2.45) is 0 Å². The Morgan fingerprint density at radius 1 is 1.18 bits per heavy atom. The molecule has 0 radical (unpaired) electrons. The normalized spacial score (nSPS) is 14.3. The Hall–Kier alpha value is -2.63. The molecule has 3 rings (SSSR count). The van der Waals surface area contributed by atoms with Crippen LogP contribution in [0.4, 0.5) is 18.9 Å². The standard InChI is InChI=1S/C20H19ClF3N2O7P/c1-3-31-34(29,32-4-2)26-18(9-10-30-26)15-12-14(6-7-17(15)25(27)28)33-19-8-5-13(11-16(19)21)20(22,23)24/h5-9,11-12H,3-4,10H2,1-2H3. The summed E-state index contributed by atoms with van der Waals surface area (Å²) in [6.07, 6.45) is -3.14. The van der Waals surface area contributed by atoms with E-state index in [0.717, 1.165) is 23.0 Å². The van der Waals surface area contributed by atoms with Gasteiger partial charge in [-0.15, -0.1) is 0 Å². The van der Waals surface area contributed by atoms with Gasteiger partial charge in [-0.1, -0.05) is 11.6 Å². The zero-order valence-corrected chi connectivity index (χ0v) is 19.5. The molecule has 1 aliphatic heterocycles. The molecule has 0 aliphatic carbocycles. The Bertz CT molecular complexity index is 1150. The van der Waals surface area contributed by atoms with Gasteiger partial charge in [-0.25, -0.2) is 4.57 Å². The molecule has 0 unspecified atom stereocenters. The molecule has 2 aromatic carbocycles. The first kappa shape index (κ1) is 26.0. The number of hydrogen-bond acceptors (Lipinski definition) is 7. The number of nitro groups is 1. The summed E-state index contributed by atoms with van der Waals surface area (Å²) >= 11 is 5.94. The highest BCUT2D eigenvalue weighted by Crippen LogP contribution is 2.58. The molecule has 0 N–H and O–H groups in total. The van der Waals surface area contributed by atoms with E-state index < -0.39 is 24.4 Å². The lowest BCUT2D eigenvalue weighted by atomic mass is 10.1. The van der Waals surface area contributed by atoms with Gasteiger partial charge in [0.15, 0.2) is 0 Å². The van der Waals surface area contributed by atoms with Crippen LogP contribution in [0.5, 0.6) is 11.5 Å². The van der Waals surface area contributed by atoms with Crippen LogP contribution >= 0.6 is 19.3 Å². The van der Waals surface area contributed by atoms with E-state index in [-0.39, 0.29) is 53.3 Å². The number of nitrogens with zero attached hydrogens (tertiary/aromatic N) is 2. The maximum Gasteiger partial charge on any atom is 0.458 e. The van der Waals surface area contributed by atoms with Crippen LogP contribution in [-0.2, 0) is 24.6 Å². The van der Waals surface area contributed by atoms with E-state index in [1.807, 2.05) is 0 Å². The summed E-state index contributed by atoms with van der Waals surface area (Å²) in [5.74, 6) is -0.0741. The lowest BCUT2D eigenvalue weighted by Gasteiger charge is -2.28. The van der Waals surface area contributed by atoms with E-state index in [9.17, 15) is 27.9 Å². The predicted octanol–water partition coefficient (Wildman–Crippen LogP) is 6.83.